The Balaban J connectivity index is 2.88. The van der Waals surface area contributed by atoms with Crippen molar-refractivity contribution in [1.82, 2.24) is 4.98 Å². The first kappa shape index (κ1) is 9.97. The summed E-state index contributed by atoms with van der Waals surface area (Å²) in [4.78, 5) is 6.65. The molecule has 2 heteroatoms. The molecule has 1 heterocycles. The average Bonchev–Trinajstić information content (AvgIpc) is 2.17. The van der Waals surface area contributed by atoms with E-state index < -0.39 is 0 Å². The van der Waals surface area contributed by atoms with E-state index in [0.29, 0.717) is 0 Å². The van der Waals surface area contributed by atoms with Gasteiger partial charge < -0.3 is 4.90 Å². The van der Waals surface area contributed by atoms with Crippen molar-refractivity contribution in [1.29, 1.82) is 0 Å². The molecule has 0 aliphatic rings. The van der Waals surface area contributed by atoms with Crippen LogP contribution in [0.2, 0.25) is 0 Å². The lowest BCUT2D eigenvalue weighted by Gasteiger charge is -2.18. The Morgan fingerprint density at radius 1 is 1.07 bits per heavy atom. The van der Waals surface area contributed by atoms with Crippen LogP contribution in [0.1, 0.15) is 11.1 Å². The summed E-state index contributed by atoms with van der Waals surface area (Å²) in [6.45, 7) is 4.20. The fourth-order valence-corrected chi connectivity index (χ4v) is 2.05. The first-order valence-corrected chi connectivity index (χ1v) is 5.13. The van der Waals surface area contributed by atoms with E-state index in [0.717, 1.165) is 5.52 Å². The van der Waals surface area contributed by atoms with E-state index in [2.05, 4.69) is 56.0 Å². The maximum atomic E-state index is 4.50. The number of nitrogens with zero attached hydrogens (tertiary/aromatic N) is 2. The highest BCUT2D eigenvalue weighted by Crippen LogP contribution is 2.28. The predicted molar refractivity (Wildman–Crippen MR) is 65.5 cm³/mol. The Morgan fingerprint density at radius 2 is 1.80 bits per heavy atom. The van der Waals surface area contributed by atoms with E-state index in [4.69, 9.17) is 0 Å². The number of para-hydroxylation sites is 1. The monoisotopic (exact) mass is 200 g/mol. The standard InChI is InChI=1S/C13H16N2/c1-9-6-5-7-11-12(9)14-8-10(2)13(11)15(3)4/h5-8H,1-4H3. The van der Waals surface area contributed by atoms with Gasteiger partial charge in [0.1, 0.15) is 0 Å². The van der Waals surface area contributed by atoms with Gasteiger partial charge in [-0.3, -0.25) is 4.98 Å². The molecule has 0 radical (unpaired) electrons. The maximum absolute atomic E-state index is 4.50. The average molecular weight is 200 g/mol. The minimum absolute atomic E-state index is 1.10. The molecule has 0 saturated carbocycles. The Bertz CT molecular complexity index is 501. The maximum Gasteiger partial charge on any atom is 0.0752 e. The second-order valence-electron chi connectivity index (χ2n) is 4.16. The molecular weight excluding hydrogens is 184 g/mol. The minimum atomic E-state index is 1.10. The summed E-state index contributed by atoms with van der Waals surface area (Å²) in [5, 5.41) is 1.24. The number of aryl methyl sites for hydroxylation is 2. The minimum Gasteiger partial charge on any atom is -0.377 e. The third-order valence-corrected chi connectivity index (χ3v) is 2.70. The van der Waals surface area contributed by atoms with Crippen LogP contribution in [0.5, 0.6) is 0 Å². The van der Waals surface area contributed by atoms with Crippen molar-refractivity contribution in [2.45, 2.75) is 13.8 Å². The molecule has 0 N–H and O–H groups in total. The van der Waals surface area contributed by atoms with Crippen LogP contribution in [0, 0.1) is 13.8 Å². The molecule has 1 aromatic carbocycles. The van der Waals surface area contributed by atoms with Crippen molar-refractivity contribution in [3.05, 3.63) is 35.5 Å². The van der Waals surface area contributed by atoms with Crippen LogP contribution >= 0.6 is 0 Å². The topological polar surface area (TPSA) is 16.1 Å². The molecule has 2 nitrogen and oxygen atoms in total. The molecule has 78 valence electrons. The van der Waals surface area contributed by atoms with Crippen molar-refractivity contribution >= 4 is 16.6 Å². The second-order valence-corrected chi connectivity index (χ2v) is 4.16. The van der Waals surface area contributed by atoms with Gasteiger partial charge in [-0.2, -0.15) is 0 Å². The summed E-state index contributed by atoms with van der Waals surface area (Å²) in [5.41, 5.74) is 4.82. The molecule has 0 atom stereocenters. The molecule has 0 aliphatic heterocycles. The molecule has 2 aromatic rings. The molecule has 1 aromatic heterocycles. The number of fused-ring (bicyclic) bond motifs is 1. The van der Waals surface area contributed by atoms with E-state index in [1.165, 1.54) is 22.2 Å². The van der Waals surface area contributed by atoms with E-state index in [1.54, 1.807) is 0 Å². The first-order valence-electron chi connectivity index (χ1n) is 5.13. The van der Waals surface area contributed by atoms with E-state index >= 15 is 0 Å². The van der Waals surface area contributed by atoms with Crippen molar-refractivity contribution in [2.75, 3.05) is 19.0 Å². The number of hydrogen-bond donors (Lipinski definition) is 0. The van der Waals surface area contributed by atoms with Crippen LogP contribution in [0.3, 0.4) is 0 Å². The summed E-state index contributed by atoms with van der Waals surface area (Å²) in [6, 6.07) is 6.33. The van der Waals surface area contributed by atoms with Gasteiger partial charge in [-0.25, -0.2) is 0 Å². The molecule has 0 saturated heterocycles. The van der Waals surface area contributed by atoms with Gasteiger partial charge in [-0.05, 0) is 25.0 Å². The van der Waals surface area contributed by atoms with Crippen molar-refractivity contribution in [2.24, 2.45) is 0 Å². The zero-order chi connectivity index (χ0) is 11.0. The summed E-state index contributed by atoms with van der Waals surface area (Å²) < 4.78 is 0. The molecule has 2 rings (SSSR count). The molecule has 15 heavy (non-hydrogen) atoms. The van der Waals surface area contributed by atoms with Crippen molar-refractivity contribution < 1.29 is 0 Å². The zero-order valence-corrected chi connectivity index (χ0v) is 9.70. The zero-order valence-electron chi connectivity index (χ0n) is 9.70. The normalized spacial score (nSPS) is 10.7. The Labute approximate surface area is 90.6 Å². The predicted octanol–water partition coefficient (Wildman–Crippen LogP) is 2.92. The number of hydrogen-bond acceptors (Lipinski definition) is 2. The van der Waals surface area contributed by atoms with Crippen molar-refractivity contribution in [3.8, 4) is 0 Å². The van der Waals surface area contributed by atoms with Crippen LogP contribution in [-0.4, -0.2) is 19.1 Å². The summed E-state index contributed by atoms with van der Waals surface area (Å²) >= 11 is 0. The fraction of sp³-hybridized carbons (Fsp3) is 0.308. The van der Waals surface area contributed by atoms with Gasteiger partial charge >= 0.3 is 0 Å². The molecule has 0 bridgehead atoms. The highest BCUT2D eigenvalue weighted by molar-refractivity contribution is 5.94. The lowest BCUT2D eigenvalue weighted by atomic mass is 10.1. The molecule has 0 fully saturated rings. The lowest BCUT2D eigenvalue weighted by molar-refractivity contribution is 1.11. The highest BCUT2D eigenvalue weighted by atomic mass is 15.1. The second kappa shape index (κ2) is 3.54. The number of rotatable bonds is 1. The first-order chi connectivity index (χ1) is 7.11. The van der Waals surface area contributed by atoms with Crippen molar-refractivity contribution in [3.63, 3.8) is 0 Å². The third kappa shape index (κ3) is 1.56. The number of aromatic nitrogens is 1. The van der Waals surface area contributed by atoms with Crippen LogP contribution in [0.25, 0.3) is 10.9 Å². The van der Waals surface area contributed by atoms with Gasteiger partial charge in [0.2, 0.25) is 0 Å². The number of benzene rings is 1. The van der Waals surface area contributed by atoms with E-state index in [1.807, 2.05) is 6.20 Å². The van der Waals surface area contributed by atoms with E-state index in [9.17, 15) is 0 Å². The van der Waals surface area contributed by atoms with Crippen LogP contribution in [0.15, 0.2) is 24.4 Å². The summed E-state index contributed by atoms with van der Waals surface area (Å²) in [5.74, 6) is 0. The number of anilines is 1. The molecule has 0 amide bonds. The summed E-state index contributed by atoms with van der Waals surface area (Å²) in [6.07, 6.45) is 1.95. The molecule has 0 spiro atoms. The quantitative estimate of drug-likeness (QED) is 0.703. The third-order valence-electron chi connectivity index (χ3n) is 2.70. The van der Waals surface area contributed by atoms with Crippen LogP contribution < -0.4 is 4.90 Å². The molecule has 0 unspecified atom stereocenters. The van der Waals surface area contributed by atoms with Crippen LogP contribution in [-0.2, 0) is 0 Å². The Kier molecular flexibility index (Phi) is 2.35. The number of pyridine rings is 1. The molecular formula is C13H16N2. The van der Waals surface area contributed by atoms with Gasteiger partial charge in [0.05, 0.1) is 11.2 Å². The van der Waals surface area contributed by atoms with Gasteiger partial charge in [0, 0.05) is 25.7 Å². The largest absolute Gasteiger partial charge is 0.377 e. The van der Waals surface area contributed by atoms with Crippen LogP contribution in [0.4, 0.5) is 5.69 Å². The SMILES string of the molecule is Cc1cnc2c(C)cccc2c1N(C)C. The molecule has 0 aliphatic carbocycles. The van der Waals surface area contributed by atoms with Gasteiger partial charge in [0.15, 0.2) is 0 Å². The highest BCUT2D eigenvalue weighted by Gasteiger charge is 2.08. The van der Waals surface area contributed by atoms with Gasteiger partial charge in [-0.15, -0.1) is 0 Å². The Hall–Kier alpha value is -1.57. The summed E-state index contributed by atoms with van der Waals surface area (Å²) in [7, 11) is 4.15. The Morgan fingerprint density at radius 3 is 2.47 bits per heavy atom. The fourth-order valence-electron chi connectivity index (χ4n) is 2.05. The van der Waals surface area contributed by atoms with Gasteiger partial charge in [0.25, 0.3) is 0 Å². The lowest BCUT2D eigenvalue weighted by Crippen LogP contribution is -2.11. The van der Waals surface area contributed by atoms with E-state index in [-0.39, 0.29) is 0 Å². The van der Waals surface area contributed by atoms with Gasteiger partial charge in [-0.1, -0.05) is 18.2 Å². The smallest absolute Gasteiger partial charge is 0.0752 e.